The minimum Gasteiger partial charge on any atom is -0.497 e. The quantitative estimate of drug-likeness (QED) is 0.526. The molecule has 0 radical (unpaired) electrons. The Morgan fingerprint density at radius 2 is 2.12 bits per heavy atom. The van der Waals surface area contributed by atoms with Crippen LogP contribution in [0.3, 0.4) is 0 Å². The van der Waals surface area contributed by atoms with Gasteiger partial charge in [0.05, 0.1) is 13.7 Å². The largest absolute Gasteiger partial charge is 0.497 e. The highest BCUT2D eigenvalue weighted by atomic mass is 35.5. The number of carbonyl (C=O) groups excluding carboxylic acids is 1. The Kier molecular flexibility index (Phi) is 7.20. The molecule has 2 aromatic carbocycles. The summed E-state index contributed by atoms with van der Waals surface area (Å²) in [6, 6.07) is 14.4. The van der Waals surface area contributed by atoms with Crippen LogP contribution in [0.4, 0.5) is 10.5 Å². The molecule has 33 heavy (non-hydrogen) atoms. The first-order valence-electron chi connectivity index (χ1n) is 11.2. The lowest BCUT2D eigenvalue weighted by Crippen LogP contribution is -2.45. The van der Waals surface area contributed by atoms with Gasteiger partial charge in [-0.1, -0.05) is 24.6 Å². The first-order chi connectivity index (χ1) is 16.0. The molecular weight excluding hydrogens is 440 g/mol. The number of nitrogens with zero attached hydrogens (tertiary/aromatic N) is 2. The van der Waals surface area contributed by atoms with Crippen molar-refractivity contribution in [2.24, 2.45) is 0 Å². The predicted molar refractivity (Wildman–Crippen MR) is 132 cm³/mol. The highest BCUT2D eigenvalue weighted by Gasteiger charge is 2.28. The molecule has 0 aliphatic carbocycles. The Morgan fingerprint density at radius 3 is 2.88 bits per heavy atom. The number of hydrogen-bond acceptors (Lipinski definition) is 4. The molecular formula is C25H29ClN4O3. The van der Waals surface area contributed by atoms with E-state index >= 15 is 0 Å². The first-order valence-corrected chi connectivity index (χ1v) is 11.6. The summed E-state index contributed by atoms with van der Waals surface area (Å²) in [5.74, 6) is 0.709. The molecule has 2 heterocycles. The van der Waals surface area contributed by atoms with Gasteiger partial charge in [0.1, 0.15) is 5.75 Å². The molecule has 4 rings (SSSR count). The molecule has 1 unspecified atom stereocenters. The third-order valence-corrected chi connectivity index (χ3v) is 6.42. The van der Waals surface area contributed by atoms with Gasteiger partial charge in [0.25, 0.3) is 5.56 Å². The summed E-state index contributed by atoms with van der Waals surface area (Å²) in [6.07, 6.45) is 2.14. The van der Waals surface area contributed by atoms with E-state index in [2.05, 4.69) is 22.1 Å². The van der Waals surface area contributed by atoms with E-state index in [1.165, 1.54) is 0 Å². The molecule has 3 aromatic rings. The van der Waals surface area contributed by atoms with Gasteiger partial charge in [0.2, 0.25) is 0 Å². The molecule has 1 aromatic heterocycles. The van der Waals surface area contributed by atoms with Gasteiger partial charge in [0, 0.05) is 39.8 Å². The number of likely N-dealkylation sites (N-methyl/N-ethyl adjacent to an activating group) is 1. The summed E-state index contributed by atoms with van der Waals surface area (Å²) in [6.45, 7) is 4.83. The standard InChI is InChI=1S/C25H29ClN4O3/c1-3-29-11-5-8-21(29)16-30(25(32)27-20-7-4-6-19(26)14-20)15-18-12-17-13-22(33-2)9-10-23(17)28-24(18)31/h4,6-7,9-10,12-14,21H,3,5,8,11,15-16H2,1-2H3,(H,27,32)(H,28,31). The van der Waals surface area contributed by atoms with E-state index in [-0.39, 0.29) is 24.2 Å². The van der Waals surface area contributed by atoms with E-state index in [0.29, 0.717) is 28.6 Å². The summed E-state index contributed by atoms with van der Waals surface area (Å²) in [4.78, 5) is 33.2. The normalized spacial score (nSPS) is 16.2. The van der Waals surface area contributed by atoms with Crippen molar-refractivity contribution < 1.29 is 9.53 Å². The zero-order valence-corrected chi connectivity index (χ0v) is 19.7. The molecule has 1 aliphatic rings. The SMILES string of the molecule is CCN1CCCC1CN(Cc1cc2cc(OC)ccc2[nH]c1=O)C(=O)Nc1cccc(Cl)c1. The van der Waals surface area contributed by atoms with Gasteiger partial charge in [-0.2, -0.15) is 0 Å². The first kappa shape index (κ1) is 23.1. The highest BCUT2D eigenvalue weighted by Crippen LogP contribution is 2.22. The second-order valence-corrected chi connectivity index (χ2v) is 8.76. The number of aromatic nitrogens is 1. The number of aromatic amines is 1. The topological polar surface area (TPSA) is 77.7 Å². The van der Waals surface area contributed by atoms with Crippen molar-refractivity contribution in [3.63, 3.8) is 0 Å². The fourth-order valence-corrected chi connectivity index (χ4v) is 4.63. The van der Waals surface area contributed by atoms with Crippen LogP contribution >= 0.6 is 11.6 Å². The Labute approximate surface area is 198 Å². The van der Waals surface area contributed by atoms with Gasteiger partial charge in [-0.25, -0.2) is 4.79 Å². The lowest BCUT2D eigenvalue weighted by Gasteiger charge is -2.30. The summed E-state index contributed by atoms with van der Waals surface area (Å²) < 4.78 is 5.32. The van der Waals surface area contributed by atoms with Gasteiger partial charge >= 0.3 is 6.03 Å². The number of rotatable bonds is 7. The molecule has 0 bridgehead atoms. The lowest BCUT2D eigenvalue weighted by atomic mass is 10.1. The number of fused-ring (bicyclic) bond motifs is 1. The van der Waals surface area contributed by atoms with Crippen LogP contribution in [0.25, 0.3) is 10.9 Å². The molecule has 1 fully saturated rings. The molecule has 1 saturated heterocycles. The molecule has 2 amide bonds. The summed E-state index contributed by atoms with van der Waals surface area (Å²) >= 11 is 6.09. The van der Waals surface area contributed by atoms with Crippen molar-refractivity contribution in [1.29, 1.82) is 0 Å². The van der Waals surface area contributed by atoms with Crippen molar-refractivity contribution in [2.75, 3.05) is 32.1 Å². The van der Waals surface area contributed by atoms with E-state index in [4.69, 9.17) is 16.3 Å². The lowest BCUT2D eigenvalue weighted by molar-refractivity contribution is 0.174. The van der Waals surface area contributed by atoms with Gasteiger partial charge < -0.3 is 19.9 Å². The molecule has 1 aliphatic heterocycles. The Hall–Kier alpha value is -3.03. The van der Waals surface area contributed by atoms with Crippen molar-refractivity contribution in [3.05, 3.63) is 69.5 Å². The fourth-order valence-electron chi connectivity index (χ4n) is 4.44. The Balaban J connectivity index is 1.63. The van der Waals surface area contributed by atoms with Crippen molar-refractivity contribution in [1.82, 2.24) is 14.8 Å². The van der Waals surface area contributed by atoms with E-state index in [1.54, 1.807) is 36.3 Å². The van der Waals surface area contributed by atoms with Crippen LogP contribution in [0, 0.1) is 0 Å². The van der Waals surface area contributed by atoms with E-state index < -0.39 is 0 Å². The number of likely N-dealkylation sites (tertiary alicyclic amines) is 1. The van der Waals surface area contributed by atoms with Crippen LogP contribution in [-0.2, 0) is 6.54 Å². The number of ether oxygens (including phenoxy) is 1. The number of hydrogen-bond donors (Lipinski definition) is 2. The van der Waals surface area contributed by atoms with Crippen LogP contribution in [0.5, 0.6) is 5.75 Å². The Morgan fingerprint density at radius 1 is 1.27 bits per heavy atom. The zero-order chi connectivity index (χ0) is 23.4. The molecule has 174 valence electrons. The number of H-pyrrole nitrogens is 1. The summed E-state index contributed by atoms with van der Waals surface area (Å²) in [7, 11) is 1.61. The average Bonchev–Trinajstić information content (AvgIpc) is 3.26. The maximum Gasteiger partial charge on any atom is 0.322 e. The van der Waals surface area contributed by atoms with Crippen LogP contribution < -0.4 is 15.6 Å². The molecule has 0 spiro atoms. The number of benzene rings is 2. The highest BCUT2D eigenvalue weighted by molar-refractivity contribution is 6.30. The molecule has 2 N–H and O–H groups in total. The fraction of sp³-hybridized carbons (Fsp3) is 0.360. The molecule has 8 heteroatoms. The van der Waals surface area contributed by atoms with Gasteiger partial charge in [-0.15, -0.1) is 0 Å². The van der Waals surface area contributed by atoms with Crippen molar-refractivity contribution in [3.8, 4) is 5.75 Å². The second kappa shape index (κ2) is 10.3. The number of methoxy groups -OCH3 is 1. The third kappa shape index (κ3) is 5.49. The summed E-state index contributed by atoms with van der Waals surface area (Å²) in [5, 5.41) is 4.34. The van der Waals surface area contributed by atoms with Crippen LogP contribution in [0.2, 0.25) is 5.02 Å². The van der Waals surface area contributed by atoms with Gasteiger partial charge in [-0.3, -0.25) is 9.69 Å². The number of amides is 2. The molecule has 1 atom stereocenters. The predicted octanol–water partition coefficient (Wildman–Crippen LogP) is 4.71. The Bertz CT molecular complexity index is 1200. The summed E-state index contributed by atoms with van der Waals surface area (Å²) in [5.41, 5.74) is 1.67. The van der Waals surface area contributed by atoms with Crippen LogP contribution in [0.15, 0.2) is 53.3 Å². The minimum absolute atomic E-state index is 0.197. The second-order valence-electron chi connectivity index (χ2n) is 8.32. The van der Waals surface area contributed by atoms with E-state index in [1.807, 2.05) is 24.3 Å². The number of halogens is 1. The van der Waals surface area contributed by atoms with Gasteiger partial charge in [0.15, 0.2) is 0 Å². The smallest absolute Gasteiger partial charge is 0.322 e. The molecule has 0 saturated carbocycles. The monoisotopic (exact) mass is 468 g/mol. The minimum atomic E-state index is -0.259. The third-order valence-electron chi connectivity index (χ3n) is 6.19. The van der Waals surface area contributed by atoms with Crippen molar-refractivity contribution in [2.45, 2.75) is 32.4 Å². The maximum atomic E-state index is 13.3. The maximum absolute atomic E-state index is 13.3. The van der Waals surface area contributed by atoms with E-state index in [0.717, 1.165) is 36.8 Å². The van der Waals surface area contributed by atoms with Gasteiger partial charge in [-0.05, 0) is 68.4 Å². The van der Waals surface area contributed by atoms with Crippen LogP contribution in [-0.4, -0.2) is 53.6 Å². The number of pyridine rings is 1. The van der Waals surface area contributed by atoms with Crippen molar-refractivity contribution >= 4 is 34.2 Å². The average molecular weight is 469 g/mol. The number of nitrogens with one attached hydrogen (secondary N) is 2. The van der Waals surface area contributed by atoms with E-state index in [9.17, 15) is 9.59 Å². The number of anilines is 1. The molecule has 7 nitrogen and oxygen atoms in total. The number of urea groups is 1. The number of carbonyl (C=O) groups is 1. The van der Waals surface area contributed by atoms with Crippen LogP contribution in [0.1, 0.15) is 25.3 Å². The zero-order valence-electron chi connectivity index (χ0n) is 18.9.